The van der Waals surface area contributed by atoms with Gasteiger partial charge in [-0.2, -0.15) is 0 Å². The maximum atomic E-state index is 6.62. The summed E-state index contributed by atoms with van der Waals surface area (Å²) < 4.78 is 6.62. The molecule has 0 aliphatic heterocycles. The molecule has 1 aromatic heterocycles. The highest BCUT2D eigenvalue weighted by molar-refractivity contribution is 8.02. The van der Waals surface area contributed by atoms with E-state index in [2.05, 4.69) is 98.8 Å². The van der Waals surface area contributed by atoms with E-state index in [0.717, 1.165) is 30.8 Å². The van der Waals surface area contributed by atoms with Crippen molar-refractivity contribution in [1.29, 1.82) is 0 Å². The zero-order valence-corrected chi connectivity index (χ0v) is 19.1. The Morgan fingerprint density at radius 2 is 1.27 bits per heavy atom. The minimum absolute atomic E-state index is 0.958. The van der Waals surface area contributed by atoms with Gasteiger partial charge < -0.3 is 4.42 Å². The summed E-state index contributed by atoms with van der Waals surface area (Å²) >= 11 is 3.62. The van der Waals surface area contributed by atoms with Gasteiger partial charge in [0.15, 0.2) is 0 Å². The molecule has 1 heterocycles. The molecule has 0 atom stereocenters. The van der Waals surface area contributed by atoms with Crippen molar-refractivity contribution in [2.45, 2.75) is 52.7 Å². The summed E-state index contributed by atoms with van der Waals surface area (Å²) in [6, 6.07) is 29.7. The van der Waals surface area contributed by atoms with Crippen LogP contribution in [0, 0.1) is 6.92 Å². The summed E-state index contributed by atoms with van der Waals surface area (Å²) in [5.74, 6) is 2.09. The Morgan fingerprint density at radius 1 is 0.700 bits per heavy atom. The first-order chi connectivity index (χ1) is 14.8. The summed E-state index contributed by atoms with van der Waals surface area (Å²) in [4.78, 5) is 4.93. The van der Waals surface area contributed by atoms with E-state index >= 15 is 0 Å². The predicted octanol–water partition coefficient (Wildman–Crippen LogP) is 8.90. The van der Waals surface area contributed by atoms with Crippen molar-refractivity contribution in [3.8, 4) is 11.3 Å². The molecule has 4 aromatic rings. The Kier molecular flexibility index (Phi) is 7.03. The molecular weight excluding hydrogens is 404 g/mol. The third kappa shape index (κ3) is 4.85. The molecule has 30 heavy (non-hydrogen) atoms. The fraction of sp³-hybridized carbons (Fsp3) is 0.185. The first-order valence-corrected chi connectivity index (χ1v) is 12.1. The molecule has 0 saturated carbocycles. The number of benzene rings is 3. The molecule has 1 nitrogen and oxygen atoms in total. The van der Waals surface area contributed by atoms with Gasteiger partial charge in [-0.25, -0.2) is 0 Å². The lowest BCUT2D eigenvalue weighted by atomic mass is 10.1. The van der Waals surface area contributed by atoms with Crippen molar-refractivity contribution >= 4 is 23.5 Å². The van der Waals surface area contributed by atoms with Crippen molar-refractivity contribution in [2.75, 3.05) is 0 Å². The topological polar surface area (TPSA) is 13.1 Å². The summed E-state index contributed by atoms with van der Waals surface area (Å²) in [7, 11) is 0. The van der Waals surface area contributed by atoms with E-state index in [1.165, 1.54) is 30.7 Å². The lowest BCUT2D eigenvalue weighted by molar-refractivity contribution is 0.502. The van der Waals surface area contributed by atoms with E-state index in [-0.39, 0.29) is 0 Å². The van der Waals surface area contributed by atoms with E-state index < -0.39 is 0 Å². The van der Waals surface area contributed by atoms with Crippen molar-refractivity contribution in [1.82, 2.24) is 0 Å². The molecule has 0 amide bonds. The first kappa shape index (κ1) is 20.9. The quantitative estimate of drug-likeness (QED) is 0.277. The number of aryl methyl sites for hydroxylation is 2. The van der Waals surface area contributed by atoms with Gasteiger partial charge in [-0.15, -0.1) is 0 Å². The summed E-state index contributed by atoms with van der Waals surface area (Å²) in [6.07, 6.45) is 3.23. The second-order valence-corrected chi connectivity index (χ2v) is 9.43. The van der Waals surface area contributed by atoms with Gasteiger partial charge in [0.1, 0.15) is 11.5 Å². The fourth-order valence-electron chi connectivity index (χ4n) is 3.36. The van der Waals surface area contributed by atoms with Crippen molar-refractivity contribution in [3.63, 3.8) is 0 Å². The van der Waals surface area contributed by atoms with Gasteiger partial charge in [-0.05, 0) is 43.2 Å². The average Bonchev–Trinajstić information content (AvgIpc) is 3.11. The Labute approximate surface area is 187 Å². The first-order valence-electron chi connectivity index (χ1n) is 10.4. The number of hydrogen-bond donors (Lipinski definition) is 0. The number of furan rings is 1. The van der Waals surface area contributed by atoms with Crippen molar-refractivity contribution in [3.05, 3.63) is 96.3 Å². The van der Waals surface area contributed by atoms with Gasteiger partial charge in [-0.1, -0.05) is 97.5 Å². The molecule has 4 rings (SSSR count). The summed E-state index contributed by atoms with van der Waals surface area (Å²) in [6.45, 7) is 4.39. The van der Waals surface area contributed by atoms with E-state index in [1.54, 1.807) is 11.8 Å². The van der Waals surface area contributed by atoms with E-state index in [1.807, 2.05) is 11.8 Å². The largest absolute Gasteiger partial charge is 0.459 e. The van der Waals surface area contributed by atoms with E-state index in [0.29, 0.717) is 0 Å². The standard InChI is InChI=1S/C27H26OS2/c1-3-4-19-24-26(29-21-14-7-5-8-15-21)27(30-22-16-9-6-10-17-22)25(28-24)23-18-12-11-13-20(23)2/h5-18H,3-4,19H2,1-2H3. The second-order valence-electron chi connectivity index (χ2n) is 7.26. The zero-order chi connectivity index (χ0) is 20.8. The summed E-state index contributed by atoms with van der Waals surface area (Å²) in [5.41, 5.74) is 2.41. The molecule has 0 fully saturated rings. The highest BCUT2D eigenvalue weighted by Gasteiger charge is 2.24. The van der Waals surface area contributed by atoms with Crippen LogP contribution in [-0.2, 0) is 6.42 Å². The molecule has 152 valence electrons. The van der Waals surface area contributed by atoms with Crippen LogP contribution in [-0.4, -0.2) is 0 Å². The Hall–Kier alpha value is -2.36. The normalized spacial score (nSPS) is 11.0. The minimum Gasteiger partial charge on any atom is -0.459 e. The van der Waals surface area contributed by atoms with Crippen LogP contribution in [0.5, 0.6) is 0 Å². The smallest absolute Gasteiger partial charge is 0.149 e. The van der Waals surface area contributed by atoms with Crippen LogP contribution in [0.2, 0.25) is 0 Å². The maximum absolute atomic E-state index is 6.62. The Morgan fingerprint density at radius 3 is 1.87 bits per heavy atom. The van der Waals surface area contributed by atoms with Gasteiger partial charge in [0.25, 0.3) is 0 Å². The van der Waals surface area contributed by atoms with E-state index in [4.69, 9.17) is 4.42 Å². The van der Waals surface area contributed by atoms with Crippen LogP contribution >= 0.6 is 23.5 Å². The maximum Gasteiger partial charge on any atom is 0.149 e. The van der Waals surface area contributed by atoms with Crippen LogP contribution < -0.4 is 0 Å². The molecule has 0 spiro atoms. The molecule has 0 aliphatic carbocycles. The van der Waals surface area contributed by atoms with Gasteiger partial charge in [0.05, 0.1) is 9.79 Å². The van der Waals surface area contributed by atoms with Crippen LogP contribution in [0.1, 0.15) is 31.1 Å². The molecule has 0 N–H and O–H groups in total. The predicted molar refractivity (Wildman–Crippen MR) is 129 cm³/mol. The molecule has 0 radical (unpaired) electrons. The Balaban J connectivity index is 1.86. The third-order valence-electron chi connectivity index (χ3n) is 4.96. The molecular formula is C27H26OS2. The fourth-order valence-corrected chi connectivity index (χ4v) is 5.56. The number of rotatable bonds is 8. The lowest BCUT2D eigenvalue weighted by Gasteiger charge is -2.08. The average molecular weight is 431 g/mol. The molecule has 0 unspecified atom stereocenters. The zero-order valence-electron chi connectivity index (χ0n) is 17.4. The number of unbranched alkanes of at least 4 members (excludes halogenated alkanes) is 1. The van der Waals surface area contributed by atoms with E-state index in [9.17, 15) is 0 Å². The lowest BCUT2D eigenvalue weighted by Crippen LogP contribution is -1.85. The number of hydrogen-bond acceptors (Lipinski definition) is 3. The third-order valence-corrected chi connectivity index (χ3v) is 7.34. The molecule has 3 heteroatoms. The SMILES string of the molecule is CCCCc1oc(-c2ccccc2C)c(Sc2ccccc2)c1Sc1ccccc1. The second kappa shape index (κ2) is 10.1. The molecule has 0 saturated heterocycles. The van der Waals surface area contributed by atoms with Crippen LogP contribution in [0.25, 0.3) is 11.3 Å². The summed E-state index contributed by atoms with van der Waals surface area (Å²) in [5, 5.41) is 0. The molecule has 3 aromatic carbocycles. The van der Waals surface area contributed by atoms with Crippen LogP contribution in [0.3, 0.4) is 0 Å². The van der Waals surface area contributed by atoms with Gasteiger partial charge >= 0.3 is 0 Å². The minimum atomic E-state index is 0.958. The highest BCUT2D eigenvalue weighted by Crippen LogP contribution is 2.48. The highest BCUT2D eigenvalue weighted by atomic mass is 32.2. The molecule has 0 bridgehead atoms. The van der Waals surface area contributed by atoms with Crippen molar-refractivity contribution < 1.29 is 4.42 Å². The van der Waals surface area contributed by atoms with Crippen molar-refractivity contribution in [2.24, 2.45) is 0 Å². The van der Waals surface area contributed by atoms with Gasteiger partial charge in [0.2, 0.25) is 0 Å². The monoisotopic (exact) mass is 430 g/mol. The van der Waals surface area contributed by atoms with Crippen LogP contribution in [0.4, 0.5) is 0 Å². The Bertz CT molecular complexity index is 1080. The van der Waals surface area contributed by atoms with Crippen LogP contribution in [0.15, 0.2) is 109 Å². The van der Waals surface area contributed by atoms with Gasteiger partial charge in [-0.3, -0.25) is 0 Å². The molecule has 0 aliphatic rings. The van der Waals surface area contributed by atoms with Gasteiger partial charge in [0, 0.05) is 21.8 Å².